The predicted octanol–water partition coefficient (Wildman–Crippen LogP) is 6.13. The number of nitrogens with one attached hydrogen (secondary N) is 3. The molecule has 0 unspecified atom stereocenters. The number of carbonyl (C=O) groups excluding carboxylic acids is 3. The standard InChI is InChI=1S/C33H34ClF5N4O5/c1-47-28(44)11-6-14-40-29(45)25-9-5-10-26(25)42-31(46)43-32(18-20-7-3-2-4-8-20,27-13-12-22(34)19-41-27)21-15-23(35)17-24(16-21)48-33(38,39)30(36)37/h2-4,7-8,12-13,15-17,19,25-26,30H,5-6,9-11,14,18H2,1H3,(H,40,45)(H2,42,43,46)/t25-,26+,32-/m0/s1. The van der Waals surface area contributed by atoms with Crippen LogP contribution < -0.4 is 20.7 Å². The highest BCUT2D eigenvalue weighted by Gasteiger charge is 2.45. The molecule has 1 fully saturated rings. The number of aromatic nitrogens is 1. The van der Waals surface area contributed by atoms with Gasteiger partial charge in [-0.25, -0.2) is 9.18 Å². The fourth-order valence-corrected chi connectivity index (χ4v) is 5.76. The fraction of sp³-hybridized carbons (Fsp3) is 0.394. The van der Waals surface area contributed by atoms with Gasteiger partial charge in [0.25, 0.3) is 0 Å². The van der Waals surface area contributed by atoms with E-state index in [-0.39, 0.29) is 41.6 Å². The summed E-state index contributed by atoms with van der Waals surface area (Å²) >= 11 is 6.10. The van der Waals surface area contributed by atoms with Gasteiger partial charge in [-0.05, 0) is 54.7 Å². The van der Waals surface area contributed by atoms with Gasteiger partial charge in [-0.1, -0.05) is 48.4 Å². The first-order valence-electron chi connectivity index (χ1n) is 15.1. The third-order valence-corrected chi connectivity index (χ3v) is 8.15. The molecule has 3 N–H and O–H groups in total. The van der Waals surface area contributed by atoms with Crippen molar-refractivity contribution in [1.82, 2.24) is 20.9 Å². The molecular weight excluding hydrogens is 663 g/mol. The maximum atomic E-state index is 15.1. The second kappa shape index (κ2) is 16.1. The number of methoxy groups -OCH3 is 1. The molecule has 3 aromatic rings. The van der Waals surface area contributed by atoms with Crippen LogP contribution in [0.3, 0.4) is 0 Å². The van der Waals surface area contributed by atoms with Crippen LogP contribution in [0.15, 0.2) is 66.9 Å². The van der Waals surface area contributed by atoms with Gasteiger partial charge in [0.15, 0.2) is 0 Å². The molecule has 4 rings (SSSR count). The Morgan fingerprint density at radius 1 is 1.06 bits per heavy atom. The summed E-state index contributed by atoms with van der Waals surface area (Å²) < 4.78 is 77.8. The zero-order chi connectivity index (χ0) is 34.9. The van der Waals surface area contributed by atoms with E-state index in [1.54, 1.807) is 30.3 Å². The number of alkyl halides is 4. The van der Waals surface area contributed by atoms with Crippen molar-refractivity contribution >= 4 is 29.5 Å². The molecule has 1 aliphatic rings. The third kappa shape index (κ3) is 9.33. The van der Waals surface area contributed by atoms with E-state index in [9.17, 15) is 31.9 Å². The second-order valence-corrected chi connectivity index (χ2v) is 11.7. The molecule has 0 spiro atoms. The Hall–Kier alpha value is -4.46. The molecule has 0 radical (unpaired) electrons. The number of pyridine rings is 1. The van der Waals surface area contributed by atoms with E-state index >= 15 is 4.39 Å². The van der Waals surface area contributed by atoms with E-state index in [0.717, 1.165) is 12.1 Å². The molecule has 2 aromatic carbocycles. The average Bonchev–Trinajstić information content (AvgIpc) is 3.50. The number of halogens is 6. The fourth-order valence-electron chi connectivity index (χ4n) is 5.64. The van der Waals surface area contributed by atoms with Crippen LogP contribution in [0.25, 0.3) is 0 Å². The minimum atomic E-state index is -4.94. The highest BCUT2D eigenvalue weighted by Crippen LogP contribution is 2.37. The summed E-state index contributed by atoms with van der Waals surface area (Å²) in [5.41, 5.74) is -1.25. The maximum absolute atomic E-state index is 15.1. The van der Waals surface area contributed by atoms with Crippen molar-refractivity contribution in [2.45, 2.75) is 62.6 Å². The van der Waals surface area contributed by atoms with Gasteiger partial charge in [0.1, 0.15) is 17.1 Å². The summed E-state index contributed by atoms with van der Waals surface area (Å²) in [6.45, 7) is 0.223. The van der Waals surface area contributed by atoms with E-state index in [4.69, 9.17) is 11.6 Å². The van der Waals surface area contributed by atoms with Gasteiger partial charge in [0.2, 0.25) is 5.91 Å². The van der Waals surface area contributed by atoms with Gasteiger partial charge in [-0.15, -0.1) is 0 Å². The molecule has 48 heavy (non-hydrogen) atoms. The molecule has 15 heteroatoms. The summed E-state index contributed by atoms with van der Waals surface area (Å²) in [5.74, 6) is -3.35. The topological polar surface area (TPSA) is 119 Å². The van der Waals surface area contributed by atoms with Crippen LogP contribution in [0.2, 0.25) is 5.02 Å². The predicted molar refractivity (Wildman–Crippen MR) is 165 cm³/mol. The summed E-state index contributed by atoms with van der Waals surface area (Å²) in [6, 6.07) is 12.5. The quantitative estimate of drug-likeness (QED) is 0.106. The monoisotopic (exact) mass is 696 g/mol. The number of hydrogen-bond acceptors (Lipinski definition) is 6. The Bertz CT molecular complexity index is 1570. The van der Waals surface area contributed by atoms with Crippen LogP contribution >= 0.6 is 11.6 Å². The lowest BCUT2D eigenvalue weighted by atomic mass is 9.80. The average molecular weight is 697 g/mol. The molecule has 0 saturated heterocycles. The molecule has 1 heterocycles. The minimum absolute atomic E-state index is 0.106. The number of ether oxygens (including phenoxy) is 2. The first-order chi connectivity index (χ1) is 22.8. The SMILES string of the molecule is COC(=O)CCCNC(=O)[C@H]1CCC[C@H]1NC(=O)N[C@@](Cc1ccccc1)(c1cc(F)cc(OC(F)(F)C(F)F)c1)c1ccc(Cl)cn1. The molecule has 3 amide bonds. The van der Waals surface area contributed by atoms with Crippen molar-refractivity contribution in [3.05, 3.63) is 94.5 Å². The molecular formula is C33H34ClF5N4O5. The smallest absolute Gasteiger partial charge is 0.461 e. The summed E-state index contributed by atoms with van der Waals surface area (Å²) in [7, 11) is 1.27. The molecule has 1 saturated carbocycles. The Kier molecular flexibility index (Phi) is 12.2. The van der Waals surface area contributed by atoms with Crippen molar-refractivity contribution in [2.75, 3.05) is 13.7 Å². The van der Waals surface area contributed by atoms with Gasteiger partial charge in [-0.2, -0.15) is 17.6 Å². The van der Waals surface area contributed by atoms with E-state index in [1.807, 2.05) is 0 Å². The van der Waals surface area contributed by atoms with Crippen LogP contribution in [0.1, 0.15) is 48.9 Å². The van der Waals surface area contributed by atoms with Crippen LogP contribution in [0.4, 0.5) is 26.7 Å². The highest BCUT2D eigenvalue weighted by atomic mass is 35.5. The molecule has 9 nitrogen and oxygen atoms in total. The zero-order valence-corrected chi connectivity index (χ0v) is 26.5. The van der Waals surface area contributed by atoms with Gasteiger partial charge in [0.05, 0.1) is 23.7 Å². The molecule has 258 valence electrons. The maximum Gasteiger partial charge on any atom is 0.461 e. The lowest BCUT2D eigenvalue weighted by Crippen LogP contribution is -2.55. The molecule has 0 aliphatic heterocycles. The highest BCUT2D eigenvalue weighted by molar-refractivity contribution is 6.30. The molecule has 1 aliphatic carbocycles. The molecule has 1 aromatic heterocycles. The van der Waals surface area contributed by atoms with E-state index in [2.05, 4.69) is 30.4 Å². The van der Waals surface area contributed by atoms with Crippen molar-refractivity contribution in [3.8, 4) is 5.75 Å². The van der Waals surface area contributed by atoms with Gasteiger partial charge in [0, 0.05) is 37.7 Å². The molecule has 3 atom stereocenters. The zero-order valence-electron chi connectivity index (χ0n) is 25.8. The number of nitrogens with zero attached hydrogens (tertiary/aromatic N) is 1. The van der Waals surface area contributed by atoms with Crippen LogP contribution in [-0.2, 0) is 26.3 Å². The van der Waals surface area contributed by atoms with Crippen molar-refractivity contribution in [1.29, 1.82) is 0 Å². The van der Waals surface area contributed by atoms with E-state index in [0.29, 0.717) is 37.3 Å². The molecule has 0 bridgehead atoms. The Morgan fingerprint density at radius 3 is 2.48 bits per heavy atom. The second-order valence-electron chi connectivity index (χ2n) is 11.3. The summed E-state index contributed by atoms with van der Waals surface area (Å²) in [4.78, 5) is 42.6. The van der Waals surface area contributed by atoms with Crippen LogP contribution in [0.5, 0.6) is 5.75 Å². The van der Waals surface area contributed by atoms with Crippen molar-refractivity contribution in [3.63, 3.8) is 0 Å². The number of hydrogen-bond donors (Lipinski definition) is 3. The number of carbonyl (C=O) groups is 3. The van der Waals surface area contributed by atoms with E-state index in [1.165, 1.54) is 25.4 Å². The minimum Gasteiger partial charge on any atom is -0.469 e. The van der Waals surface area contributed by atoms with Gasteiger partial charge < -0.3 is 25.4 Å². The Labute approximate surface area is 278 Å². The van der Waals surface area contributed by atoms with Crippen molar-refractivity contribution in [2.24, 2.45) is 5.92 Å². The third-order valence-electron chi connectivity index (χ3n) is 7.93. The summed E-state index contributed by atoms with van der Waals surface area (Å²) in [5, 5.41) is 8.65. The lowest BCUT2D eigenvalue weighted by Gasteiger charge is -2.36. The first-order valence-corrected chi connectivity index (χ1v) is 15.5. The van der Waals surface area contributed by atoms with E-state index < -0.39 is 53.6 Å². The number of urea groups is 1. The number of esters is 1. The largest absolute Gasteiger partial charge is 0.469 e. The summed E-state index contributed by atoms with van der Waals surface area (Å²) in [6.07, 6.45) is -5.93. The van der Waals surface area contributed by atoms with Crippen LogP contribution in [-0.4, -0.2) is 55.1 Å². The van der Waals surface area contributed by atoms with Gasteiger partial charge in [-0.3, -0.25) is 14.6 Å². The normalized spacial score (nSPS) is 17.3. The Balaban J connectivity index is 1.69. The number of amides is 3. The van der Waals surface area contributed by atoms with Crippen molar-refractivity contribution < 1.29 is 45.8 Å². The lowest BCUT2D eigenvalue weighted by molar-refractivity contribution is -0.253. The number of benzene rings is 2. The van der Waals surface area contributed by atoms with Gasteiger partial charge >= 0.3 is 24.5 Å². The number of rotatable bonds is 14. The Morgan fingerprint density at radius 2 is 1.81 bits per heavy atom. The van der Waals surface area contributed by atoms with Crippen LogP contribution in [0, 0.1) is 11.7 Å². The first kappa shape index (κ1) is 36.4.